The monoisotopic (exact) mass is 369 g/mol. The highest BCUT2D eigenvalue weighted by atomic mass is 19.1. The minimum Gasteiger partial charge on any atom is -0.396 e. The van der Waals surface area contributed by atoms with E-state index >= 15 is 4.39 Å². The number of nitrogen functional groups attached to an aromatic ring is 1. The van der Waals surface area contributed by atoms with Gasteiger partial charge in [-0.3, -0.25) is 0 Å². The Kier molecular flexibility index (Phi) is 4.87. The molecule has 4 N–H and O–H groups in total. The SMILES string of the molecule is NCc1ccc(-c2nc(-c3ccccc3)c(N)c(-c3ccccc3)c2F)cc1. The minimum absolute atomic E-state index is 0.274. The molecule has 28 heavy (non-hydrogen) atoms. The molecule has 0 aliphatic heterocycles. The summed E-state index contributed by atoms with van der Waals surface area (Å²) in [6.45, 7) is 0.433. The molecule has 1 aromatic heterocycles. The van der Waals surface area contributed by atoms with E-state index in [2.05, 4.69) is 4.98 Å². The average Bonchev–Trinajstić information content (AvgIpc) is 2.75. The molecule has 0 aliphatic rings. The number of pyridine rings is 1. The molecular formula is C24H20FN3. The molecular weight excluding hydrogens is 349 g/mol. The molecule has 4 heteroatoms. The Morgan fingerprint density at radius 1 is 0.679 bits per heavy atom. The van der Waals surface area contributed by atoms with Gasteiger partial charge in [-0.2, -0.15) is 0 Å². The van der Waals surface area contributed by atoms with Gasteiger partial charge in [0.25, 0.3) is 0 Å². The fourth-order valence-electron chi connectivity index (χ4n) is 3.27. The summed E-state index contributed by atoms with van der Waals surface area (Å²) in [5.74, 6) is -0.427. The Morgan fingerprint density at radius 2 is 1.21 bits per heavy atom. The van der Waals surface area contributed by atoms with E-state index in [0.717, 1.165) is 16.7 Å². The summed E-state index contributed by atoms with van der Waals surface area (Å²) in [5, 5.41) is 0. The van der Waals surface area contributed by atoms with Crippen LogP contribution in [0.2, 0.25) is 0 Å². The highest BCUT2D eigenvalue weighted by Gasteiger charge is 2.21. The van der Waals surface area contributed by atoms with E-state index < -0.39 is 5.82 Å². The summed E-state index contributed by atoms with van der Waals surface area (Å²) in [4.78, 5) is 4.62. The lowest BCUT2D eigenvalue weighted by molar-refractivity contribution is 0.630. The molecule has 0 saturated heterocycles. The van der Waals surface area contributed by atoms with Crippen molar-refractivity contribution in [1.29, 1.82) is 0 Å². The summed E-state index contributed by atoms with van der Waals surface area (Å²) in [6.07, 6.45) is 0. The second kappa shape index (κ2) is 7.62. The Balaban J connectivity index is 2.00. The quantitative estimate of drug-likeness (QED) is 0.515. The van der Waals surface area contributed by atoms with Gasteiger partial charge in [0.1, 0.15) is 5.69 Å². The predicted octanol–water partition coefficient (Wildman–Crippen LogP) is 5.26. The Labute approximate surface area is 163 Å². The van der Waals surface area contributed by atoms with Crippen LogP contribution >= 0.6 is 0 Å². The number of aromatic nitrogens is 1. The zero-order chi connectivity index (χ0) is 19.5. The second-order valence-corrected chi connectivity index (χ2v) is 6.54. The van der Waals surface area contributed by atoms with Crippen molar-refractivity contribution < 1.29 is 4.39 Å². The van der Waals surface area contributed by atoms with Crippen molar-refractivity contribution in [3.05, 3.63) is 96.3 Å². The van der Waals surface area contributed by atoms with Crippen molar-refractivity contribution in [2.24, 2.45) is 5.73 Å². The number of halogens is 1. The molecule has 138 valence electrons. The van der Waals surface area contributed by atoms with Gasteiger partial charge in [-0.25, -0.2) is 9.37 Å². The molecule has 0 aliphatic carbocycles. The van der Waals surface area contributed by atoms with E-state index in [1.54, 1.807) is 0 Å². The van der Waals surface area contributed by atoms with Gasteiger partial charge in [0.15, 0.2) is 5.82 Å². The van der Waals surface area contributed by atoms with Crippen molar-refractivity contribution >= 4 is 5.69 Å². The van der Waals surface area contributed by atoms with Gasteiger partial charge in [0.05, 0.1) is 11.4 Å². The van der Waals surface area contributed by atoms with Gasteiger partial charge in [0, 0.05) is 23.2 Å². The van der Waals surface area contributed by atoms with Gasteiger partial charge >= 0.3 is 0 Å². The van der Waals surface area contributed by atoms with E-state index in [-0.39, 0.29) is 5.69 Å². The molecule has 4 rings (SSSR count). The highest BCUT2D eigenvalue weighted by molar-refractivity contribution is 5.90. The largest absolute Gasteiger partial charge is 0.396 e. The van der Waals surface area contributed by atoms with Crippen LogP contribution in [-0.4, -0.2) is 4.98 Å². The van der Waals surface area contributed by atoms with Crippen LogP contribution in [-0.2, 0) is 6.54 Å². The van der Waals surface area contributed by atoms with Gasteiger partial charge in [-0.05, 0) is 11.1 Å². The lowest BCUT2D eigenvalue weighted by Crippen LogP contribution is -2.04. The molecule has 0 amide bonds. The molecule has 0 unspecified atom stereocenters. The lowest BCUT2D eigenvalue weighted by Gasteiger charge is -2.16. The maximum absolute atomic E-state index is 15.6. The van der Waals surface area contributed by atoms with Crippen LogP contribution in [0.4, 0.5) is 10.1 Å². The van der Waals surface area contributed by atoms with Crippen LogP contribution in [0, 0.1) is 5.82 Å². The maximum atomic E-state index is 15.6. The van der Waals surface area contributed by atoms with Crippen LogP contribution in [0.1, 0.15) is 5.56 Å². The summed E-state index contributed by atoms with van der Waals surface area (Å²) in [6, 6.07) is 26.4. The first-order chi connectivity index (χ1) is 13.7. The molecule has 0 bridgehead atoms. The molecule has 3 nitrogen and oxygen atoms in total. The third-order valence-electron chi connectivity index (χ3n) is 4.75. The molecule has 0 radical (unpaired) electrons. The Morgan fingerprint density at radius 3 is 1.79 bits per heavy atom. The summed E-state index contributed by atoms with van der Waals surface area (Å²) >= 11 is 0. The molecule has 0 atom stereocenters. The molecule has 0 fully saturated rings. The van der Waals surface area contributed by atoms with Crippen LogP contribution in [0.3, 0.4) is 0 Å². The zero-order valence-corrected chi connectivity index (χ0v) is 15.3. The van der Waals surface area contributed by atoms with Gasteiger partial charge in [-0.1, -0.05) is 84.9 Å². The van der Waals surface area contributed by atoms with E-state index in [9.17, 15) is 0 Å². The first-order valence-electron chi connectivity index (χ1n) is 9.08. The number of hydrogen-bond donors (Lipinski definition) is 2. The smallest absolute Gasteiger partial charge is 0.159 e. The van der Waals surface area contributed by atoms with Crippen molar-refractivity contribution in [2.45, 2.75) is 6.54 Å². The summed E-state index contributed by atoms with van der Waals surface area (Å²) < 4.78 is 15.6. The average molecular weight is 369 g/mol. The fourth-order valence-corrected chi connectivity index (χ4v) is 3.27. The van der Waals surface area contributed by atoms with Gasteiger partial charge in [0.2, 0.25) is 0 Å². The van der Waals surface area contributed by atoms with E-state index in [0.29, 0.717) is 29.1 Å². The summed E-state index contributed by atoms with van der Waals surface area (Å²) in [7, 11) is 0. The second-order valence-electron chi connectivity index (χ2n) is 6.54. The number of rotatable bonds is 4. The van der Waals surface area contributed by atoms with Crippen molar-refractivity contribution in [1.82, 2.24) is 4.98 Å². The number of nitrogens with zero attached hydrogens (tertiary/aromatic N) is 1. The van der Waals surface area contributed by atoms with Gasteiger partial charge in [-0.15, -0.1) is 0 Å². The Bertz CT molecular complexity index is 1090. The fraction of sp³-hybridized carbons (Fsp3) is 0.0417. The van der Waals surface area contributed by atoms with Crippen LogP contribution < -0.4 is 11.5 Å². The standard InChI is InChI=1S/C24H20FN3/c25-21-20(17-7-3-1-4-8-17)22(27)24(18-9-5-2-6-10-18)28-23(21)19-13-11-16(15-26)12-14-19/h1-14H,15,26-27H2. The maximum Gasteiger partial charge on any atom is 0.159 e. The van der Waals surface area contributed by atoms with Crippen LogP contribution in [0.25, 0.3) is 33.6 Å². The molecule has 4 aromatic rings. The molecule has 0 saturated carbocycles. The van der Waals surface area contributed by atoms with E-state index in [4.69, 9.17) is 11.5 Å². The highest BCUT2D eigenvalue weighted by Crippen LogP contribution is 2.39. The number of anilines is 1. The first kappa shape index (κ1) is 17.9. The lowest BCUT2D eigenvalue weighted by atomic mass is 9.96. The van der Waals surface area contributed by atoms with Crippen LogP contribution in [0.5, 0.6) is 0 Å². The van der Waals surface area contributed by atoms with E-state index in [1.807, 2.05) is 84.9 Å². The molecule has 1 heterocycles. The topological polar surface area (TPSA) is 64.9 Å². The van der Waals surface area contributed by atoms with Crippen molar-refractivity contribution in [3.8, 4) is 33.6 Å². The van der Waals surface area contributed by atoms with Crippen molar-refractivity contribution in [3.63, 3.8) is 0 Å². The zero-order valence-electron chi connectivity index (χ0n) is 15.3. The first-order valence-corrected chi connectivity index (χ1v) is 9.08. The number of hydrogen-bond acceptors (Lipinski definition) is 3. The summed E-state index contributed by atoms with van der Waals surface area (Å²) in [5.41, 5.74) is 16.9. The third kappa shape index (κ3) is 3.26. The number of nitrogens with two attached hydrogens (primary N) is 2. The predicted molar refractivity (Wildman–Crippen MR) is 113 cm³/mol. The molecule has 0 spiro atoms. The minimum atomic E-state index is -0.427. The van der Waals surface area contributed by atoms with Crippen LogP contribution in [0.15, 0.2) is 84.9 Å². The van der Waals surface area contributed by atoms with Gasteiger partial charge < -0.3 is 11.5 Å². The Hall–Kier alpha value is -3.50. The third-order valence-corrected chi connectivity index (χ3v) is 4.75. The van der Waals surface area contributed by atoms with E-state index in [1.165, 1.54) is 0 Å². The molecule has 3 aromatic carbocycles. The van der Waals surface area contributed by atoms with Crippen molar-refractivity contribution in [2.75, 3.05) is 5.73 Å². The number of benzene rings is 3. The normalized spacial score (nSPS) is 10.8.